The van der Waals surface area contributed by atoms with Gasteiger partial charge in [-0.1, -0.05) is 30.3 Å². The van der Waals surface area contributed by atoms with Gasteiger partial charge in [-0.05, 0) is 53.8 Å². The van der Waals surface area contributed by atoms with Crippen LogP contribution in [0, 0.1) is 0 Å². The van der Waals surface area contributed by atoms with E-state index >= 15 is 0 Å². The van der Waals surface area contributed by atoms with Crippen LogP contribution in [-0.2, 0) is 25.6 Å². The number of carbonyl (C=O) groups is 4. The lowest BCUT2D eigenvalue weighted by Gasteiger charge is -2.49. The molecule has 3 aliphatic rings. The van der Waals surface area contributed by atoms with Crippen molar-refractivity contribution in [1.82, 2.24) is 15.5 Å². The molecule has 196 valence electrons. The third-order valence-corrected chi connectivity index (χ3v) is 8.92. The number of amides is 3. The van der Waals surface area contributed by atoms with E-state index in [0.29, 0.717) is 47.5 Å². The van der Waals surface area contributed by atoms with Crippen LogP contribution in [-0.4, -0.2) is 63.2 Å². The Balaban J connectivity index is 1.39. The Morgan fingerprint density at radius 1 is 1.13 bits per heavy atom. The number of fused-ring (bicyclic) bond motifs is 1. The van der Waals surface area contributed by atoms with Gasteiger partial charge in [-0.15, -0.1) is 23.5 Å². The van der Waals surface area contributed by atoms with E-state index in [2.05, 4.69) is 10.6 Å². The van der Waals surface area contributed by atoms with Crippen molar-refractivity contribution in [1.29, 1.82) is 0 Å². The monoisotopic (exact) mass is 550 g/mol. The van der Waals surface area contributed by atoms with Gasteiger partial charge in [0.05, 0.1) is 5.75 Å². The highest BCUT2D eigenvalue weighted by Gasteiger charge is 2.54. The second kappa shape index (κ2) is 11.0. The van der Waals surface area contributed by atoms with E-state index in [0.717, 1.165) is 10.5 Å². The number of carboxylic acid groups (broad SMARTS) is 1. The molecule has 3 aliphatic heterocycles. The molecule has 0 unspecified atom stereocenters. The predicted molar refractivity (Wildman–Crippen MR) is 146 cm³/mol. The number of nitrogens with zero attached hydrogens (tertiary/aromatic N) is 1. The molecule has 2 atom stereocenters. The fourth-order valence-corrected chi connectivity index (χ4v) is 6.89. The number of thioether (sulfide) groups is 2. The molecule has 2 aromatic rings. The summed E-state index contributed by atoms with van der Waals surface area (Å²) < 4.78 is 0. The standard InChI is InChI=1S/C27H26N4O5S2/c28-16-8-6-15(7-9-16)12-19(18-10-11-29-24(18)33)20-13-38-26-22(25(34)31(26)23(20)27(35)36)30-21(32)14-37-17-4-2-1-3-5-17/h1-9,22,26H,10-14,28H2,(H,29,33)(H,30,32)(H,35,36)/t22-,26-/m1/s1. The Labute approximate surface area is 227 Å². The van der Waals surface area contributed by atoms with Crippen molar-refractivity contribution in [2.45, 2.75) is 29.2 Å². The number of nitrogens with one attached hydrogen (secondary N) is 2. The third kappa shape index (κ3) is 5.16. The van der Waals surface area contributed by atoms with E-state index in [4.69, 9.17) is 5.73 Å². The third-order valence-electron chi connectivity index (χ3n) is 6.62. The number of nitrogens with two attached hydrogens (primary N) is 1. The summed E-state index contributed by atoms with van der Waals surface area (Å²) in [6.07, 6.45) is 0.804. The van der Waals surface area contributed by atoms with Crippen LogP contribution in [0.3, 0.4) is 0 Å². The van der Waals surface area contributed by atoms with Gasteiger partial charge in [0.1, 0.15) is 17.1 Å². The van der Waals surface area contributed by atoms with Crippen molar-refractivity contribution in [3.8, 4) is 0 Å². The number of aliphatic carboxylic acids is 1. The molecule has 5 N–H and O–H groups in total. The molecular formula is C27H26N4O5S2. The topological polar surface area (TPSA) is 142 Å². The number of carbonyl (C=O) groups excluding carboxylic acids is 3. The average Bonchev–Trinajstić information content (AvgIpc) is 3.35. The molecule has 11 heteroatoms. The van der Waals surface area contributed by atoms with Crippen LogP contribution >= 0.6 is 23.5 Å². The minimum absolute atomic E-state index is 0.124. The lowest BCUT2D eigenvalue weighted by molar-refractivity contribution is -0.150. The summed E-state index contributed by atoms with van der Waals surface area (Å²) in [4.78, 5) is 53.0. The first kappa shape index (κ1) is 25.9. The Hall–Kier alpha value is -3.70. The SMILES string of the molecule is Nc1ccc(CC(=C2CCNC2=O)C2=C(C(=O)O)N3C(=O)[C@@H](NC(=O)CSc4ccccc4)[C@H]3SC2)cc1. The Morgan fingerprint density at radius 2 is 1.87 bits per heavy atom. The second-order valence-corrected chi connectivity index (χ2v) is 11.2. The van der Waals surface area contributed by atoms with Crippen LogP contribution in [0.5, 0.6) is 0 Å². The van der Waals surface area contributed by atoms with Crippen LogP contribution in [0.2, 0.25) is 0 Å². The zero-order valence-electron chi connectivity index (χ0n) is 20.3. The summed E-state index contributed by atoms with van der Waals surface area (Å²) in [6.45, 7) is 0.475. The van der Waals surface area contributed by atoms with Gasteiger partial charge in [0.15, 0.2) is 0 Å². The van der Waals surface area contributed by atoms with Crippen LogP contribution in [0.1, 0.15) is 12.0 Å². The van der Waals surface area contributed by atoms with Crippen LogP contribution in [0.4, 0.5) is 5.69 Å². The minimum Gasteiger partial charge on any atom is -0.477 e. The molecular weight excluding hydrogens is 524 g/mol. The molecule has 3 heterocycles. The Kier molecular flexibility index (Phi) is 7.48. The number of rotatable bonds is 8. The molecule has 5 rings (SSSR count). The van der Waals surface area contributed by atoms with Gasteiger partial charge in [-0.2, -0.15) is 0 Å². The fourth-order valence-electron chi connectivity index (χ4n) is 4.78. The number of β-lactam (4-membered cyclic amide) rings is 1. The van der Waals surface area contributed by atoms with Gasteiger partial charge in [-0.25, -0.2) is 4.79 Å². The summed E-state index contributed by atoms with van der Waals surface area (Å²) in [7, 11) is 0. The largest absolute Gasteiger partial charge is 0.477 e. The molecule has 2 fully saturated rings. The molecule has 0 aliphatic carbocycles. The van der Waals surface area contributed by atoms with Crippen molar-refractivity contribution in [2.24, 2.45) is 0 Å². The first-order valence-corrected chi connectivity index (χ1v) is 14.1. The van der Waals surface area contributed by atoms with Crippen molar-refractivity contribution in [3.05, 3.63) is 82.6 Å². The van der Waals surface area contributed by atoms with E-state index in [-0.39, 0.29) is 23.3 Å². The van der Waals surface area contributed by atoms with Crippen LogP contribution in [0.25, 0.3) is 0 Å². The molecule has 0 radical (unpaired) electrons. The van der Waals surface area contributed by atoms with Gasteiger partial charge in [-0.3, -0.25) is 19.3 Å². The number of hydrogen-bond donors (Lipinski definition) is 4. The second-order valence-electron chi connectivity index (χ2n) is 9.07. The van der Waals surface area contributed by atoms with E-state index in [1.807, 2.05) is 42.5 Å². The highest BCUT2D eigenvalue weighted by Crippen LogP contribution is 2.43. The summed E-state index contributed by atoms with van der Waals surface area (Å²) in [5.74, 6) is -1.79. The van der Waals surface area contributed by atoms with Gasteiger partial charge < -0.3 is 21.5 Å². The van der Waals surface area contributed by atoms with E-state index in [9.17, 15) is 24.3 Å². The highest BCUT2D eigenvalue weighted by atomic mass is 32.2. The quantitative estimate of drug-likeness (QED) is 0.170. The van der Waals surface area contributed by atoms with Crippen molar-refractivity contribution in [3.63, 3.8) is 0 Å². The maximum absolute atomic E-state index is 13.2. The van der Waals surface area contributed by atoms with Crippen molar-refractivity contribution < 1.29 is 24.3 Å². The zero-order chi connectivity index (χ0) is 26.8. The summed E-state index contributed by atoms with van der Waals surface area (Å²) in [5.41, 5.74) is 8.78. The molecule has 3 amide bonds. The molecule has 2 aromatic carbocycles. The smallest absolute Gasteiger partial charge is 0.352 e. The number of nitrogen functional groups attached to an aromatic ring is 1. The molecule has 9 nitrogen and oxygen atoms in total. The average molecular weight is 551 g/mol. The molecule has 0 saturated carbocycles. The fraction of sp³-hybridized carbons (Fsp3) is 0.259. The first-order chi connectivity index (χ1) is 18.3. The predicted octanol–water partition coefficient (Wildman–Crippen LogP) is 2.16. The van der Waals surface area contributed by atoms with Crippen molar-refractivity contribution in [2.75, 3.05) is 23.8 Å². The van der Waals surface area contributed by atoms with Crippen LogP contribution in [0.15, 0.2) is 81.9 Å². The number of benzene rings is 2. The van der Waals surface area contributed by atoms with E-state index < -0.39 is 23.3 Å². The lowest BCUT2D eigenvalue weighted by atomic mass is 9.90. The molecule has 0 spiro atoms. The molecule has 0 bridgehead atoms. The maximum atomic E-state index is 13.2. The summed E-state index contributed by atoms with van der Waals surface area (Å²) >= 11 is 2.75. The Morgan fingerprint density at radius 3 is 2.53 bits per heavy atom. The zero-order valence-corrected chi connectivity index (χ0v) is 21.9. The normalized spacial score (nSPS) is 21.9. The number of carboxylic acids is 1. The van der Waals surface area contributed by atoms with E-state index in [1.165, 1.54) is 28.4 Å². The lowest BCUT2D eigenvalue weighted by Crippen LogP contribution is -2.70. The van der Waals surface area contributed by atoms with E-state index in [1.54, 1.807) is 12.1 Å². The minimum atomic E-state index is -1.24. The number of allylic oxidation sites excluding steroid dienone is 1. The maximum Gasteiger partial charge on any atom is 0.352 e. The highest BCUT2D eigenvalue weighted by molar-refractivity contribution is 8.00. The molecule has 38 heavy (non-hydrogen) atoms. The molecule has 0 aromatic heterocycles. The first-order valence-electron chi connectivity index (χ1n) is 12.1. The number of anilines is 1. The Bertz CT molecular complexity index is 1360. The number of hydrogen-bond acceptors (Lipinski definition) is 7. The van der Waals surface area contributed by atoms with Crippen molar-refractivity contribution >= 4 is 52.9 Å². The van der Waals surface area contributed by atoms with Gasteiger partial charge in [0.25, 0.3) is 5.91 Å². The summed E-state index contributed by atoms with van der Waals surface area (Å²) in [6, 6.07) is 15.9. The molecule has 2 saturated heterocycles. The van der Waals surface area contributed by atoms with Gasteiger partial charge >= 0.3 is 5.97 Å². The van der Waals surface area contributed by atoms with Crippen LogP contribution < -0.4 is 16.4 Å². The summed E-state index contributed by atoms with van der Waals surface area (Å²) in [5, 5.41) is 15.2. The van der Waals surface area contributed by atoms with Gasteiger partial charge in [0, 0.05) is 28.5 Å². The van der Waals surface area contributed by atoms with Gasteiger partial charge in [0.2, 0.25) is 11.8 Å².